The summed E-state index contributed by atoms with van der Waals surface area (Å²) in [6.45, 7) is 1.42. The van der Waals surface area contributed by atoms with Gasteiger partial charge >= 0.3 is 6.18 Å². The fraction of sp³-hybridized carbons (Fsp3) is 0.316. The maximum Gasteiger partial charge on any atom is 0.424 e. The highest BCUT2D eigenvalue weighted by Gasteiger charge is 2.59. The van der Waals surface area contributed by atoms with E-state index in [9.17, 15) is 22.4 Å². The highest BCUT2D eigenvalue weighted by molar-refractivity contribution is 6.34. The van der Waals surface area contributed by atoms with E-state index < -0.39 is 41.5 Å². The SMILES string of the molecule is CC1(c2cc(NC(=O)c3ncc(C#N)cc3Cl)ncc2F)COC(C)(C(F)(F)F)C(N)=N1. The number of nitrogens with two attached hydrogens (primary N) is 1. The van der Waals surface area contributed by atoms with Crippen LogP contribution in [0.5, 0.6) is 0 Å². The van der Waals surface area contributed by atoms with Crippen molar-refractivity contribution < 1.29 is 27.1 Å². The molecule has 0 aliphatic carbocycles. The Balaban J connectivity index is 1.93. The van der Waals surface area contributed by atoms with Crippen LogP contribution >= 0.6 is 11.6 Å². The topological polar surface area (TPSA) is 126 Å². The van der Waals surface area contributed by atoms with Gasteiger partial charge in [-0.2, -0.15) is 18.4 Å². The maximum atomic E-state index is 14.5. The number of halogens is 5. The van der Waals surface area contributed by atoms with Crippen LogP contribution in [0.1, 0.15) is 35.5 Å². The molecule has 0 aromatic carbocycles. The van der Waals surface area contributed by atoms with Crippen molar-refractivity contribution in [2.75, 3.05) is 11.9 Å². The smallest absolute Gasteiger partial charge is 0.385 e. The van der Waals surface area contributed by atoms with E-state index in [2.05, 4.69) is 20.3 Å². The number of ether oxygens (including phenoxy) is 1. The summed E-state index contributed by atoms with van der Waals surface area (Å²) >= 11 is 5.95. The van der Waals surface area contributed by atoms with Gasteiger partial charge in [-0.15, -0.1) is 0 Å². The lowest BCUT2D eigenvalue weighted by atomic mass is 9.90. The zero-order valence-corrected chi connectivity index (χ0v) is 17.3. The molecule has 32 heavy (non-hydrogen) atoms. The van der Waals surface area contributed by atoms with Gasteiger partial charge in [-0.05, 0) is 26.0 Å². The number of aliphatic imine (C=N–C) groups is 1. The Morgan fingerprint density at radius 2 is 2.00 bits per heavy atom. The lowest BCUT2D eigenvalue weighted by Gasteiger charge is -2.40. The van der Waals surface area contributed by atoms with Crippen LogP contribution in [-0.2, 0) is 10.3 Å². The monoisotopic (exact) mass is 470 g/mol. The first-order valence-corrected chi connectivity index (χ1v) is 9.28. The number of carbonyl (C=O) groups excluding carboxylic acids is 1. The van der Waals surface area contributed by atoms with Crippen LogP contribution in [0.15, 0.2) is 29.5 Å². The summed E-state index contributed by atoms with van der Waals surface area (Å²) < 4.78 is 59.4. The third-order valence-corrected chi connectivity index (χ3v) is 5.19. The number of nitriles is 1. The number of amides is 1. The van der Waals surface area contributed by atoms with E-state index >= 15 is 0 Å². The normalized spacial score (nSPS) is 23.2. The molecule has 0 spiro atoms. The lowest BCUT2D eigenvalue weighted by molar-refractivity contribution is -0.249. The molecule has 3 heterocycles. The molecule has 2 unspecified atom stereocenters. The van der Waals surface area contributed by atoms with E-state index in [-0.39, 0.29) is 27.7 Å². The van der Waals surface area contributed by atoms with Crippen LogP contribution in [-0.4, -0.2) is 40.1 Å². The number of pyridine rings is 2. The van der Waals surface area contributed by atoms with Crippen LogP contribution in [0, 0.1) is 17.1 Å². The molecule has 1 amide bonds. The number of carbonyl (C=O) groups is 1. The van der Waals surface area contributed by atoms with Crippen molar-refractivity contribution in [3.63, 3.8) is 0 Å². The van der Waals surface area contributed by atoms with Crippen LogP contribution in [0.2, 0.25) is 5.02 Å². The van der Waals surface area contributed by atoms with Gasteiger partial charge in [0.15, 0.2) is 0 Å². The fourth-order valence-electron chi connectivity index (χ4n) is 2.89. The molecule has 3 rings (SSSR count). The zero-order chi connectivity index (χ0) is 23.9. The first kappa shape index (κ1) is 23.4. The van der Waals surface area contributed by atoms with E-state index in [1.165, 1.54) is 13.0 Å². The number of nitrogens with one attached hydrogen (secondary N) is 1. The minimum Gasteiger partial charge on any atom is -0.385 e. The van der Waals surface area contributed by atoms with Crippen LogP contribution in [0.3, 0.4) is 0 Å². The molecule has 0 saturated carbocycles. The second-order valence-electron chi connectivity index (χ2n) is 7.26. The third-order valence-electron chi connectivity index (χ3n) is 4.90. The summed E-state index contributed by atoms with van der Waals surface area (Å²) in [4.78, 5) is 23.9. The molecule has 13 heteroatoms. The van der Waals surface area contributed by atoms with Gasteiger partial charge in [-0.25, -0.2) is 14.4 Å². The number of anilines is 1. The second-order valence-corrected chi connectivity index (χ2v) is 7.67. The van der Waals surface area contributed by atoms with Gasteiger partial charge in [0.05, 0.1) is 23.4 Å². The number of aromatic nitrogens is 2. The van der Waals surface area contributed by atoms with Gasteiger partial charge in [0.1, 0.15) is 34.8 Å². The molecular formula is C19H15ClF4N6O2. The summed E-state index contributed by atoms with van der Waals surface area (Å²) in [7, 11) is 0. The van der Waals surface area contributed by atoms with Gasteiger partial charge in [0.25, 0.3) is 5.91 Å². The molecule has 0 fully saturated rings. The Kier molecular flexibility index (Phi) is 5.84. The molecule has 0 radical (unpaired) electrons. The van der Waals surface area contributed by atoms with E-state index in [1.807, 2.05) is 6.07 Å². The van der Waals surface area contributed by atoms with Crippen molar-refractivity contribution in [3.05, 3.63) is 52.2 Å². The van der Waals surface area contributed by atoms with Crippen LogP contribution in [0.25, 0.3) is 0 Å². The van der Waals surface area contributed by atoms with Gasteiger partial charge in [-0.3, -0.25) is 9.79 Å². The highest BCUT2D eigenvalue weighted by Crippen LogP contribution is 2.41. The average Bonchev–Trinajstić information content (AvgIpc) is 2.71. The van der Waals surface area contributed by atoms with Gasteiger partial charge < -0.3 is 15.8 Å². The van der Waals surface area contributed by atoms with Gasteiger partial charge in [0.2, 0.25) is 5.60 Å². The Bertz CT molecular complexity index is 1170. The number of nitrogens with zero attached hydrogens (tertiary/aromatic N) is 4. The Labute approximate surface area is 184 Å². The average molecular weight is 471 g/mol. The van der Waals surface area contributed by atoms with Crippen molar-refractivity contribution in [3.8, 4) is 6.07 Å². The van der Waals surface area contributed by atoms with Crippen molar-refractivity contribution in [1.29, 1.82) is 5.26 Å². The molecule has 2 aromatic heterocycles. The zero-order valence-electron chi connectivity index (χ0n) is 16.6. The van der Waals surface area contributed by atoms with Crippen LogP contribution in [0.4, 0.5) is 23.4 Å². The number of amidine groups is 1. The minimum atomic E-state index is -4.83. The molecular weight excluding hydrogens is 456 g/mol. The predicted molar refractivity (Wildman–Crippen MR) is 105 cm³/mol. The summed E-state index contributed by atoms with van der Waals surface area (Å²) in [6.07, 6.45) is -2.92. The first-order chi connectivity index (χ1) is 14.8. The van der Waals surface area contributed by atoms with E-state index in [4.69, 9.17) is 27.3 Å². The molecule has 0 saturated heterocycles. The van der Waals surface area contributed by atoms with Crippen molar-refractivity contribution in [2.24, 2.45) is 10.7 Å². The molecule has 0 bridgehead atoms. The first-order valence-electron chi connectivity index (χ1n) is 8.90. The second kappa shape index (κ2) is 7.99. The van der Waals surface area contributed by atoms with Crippen molar-refractivity contribution in [2.45, 2.75) is 31.2 Å². The Morgan fingerprint density at radius 1 is 1.31 bits per heavy atom. The highest BCUT2D eigenvalue weighted by atomic mass is 35.5. The Morgan fingerprint density at radius 3 is 2.56 bits per heavy atom. The predicted octanol–water partition coefficient (Wildman–Crippen LogP) is 3.32. The summed E-state index contributed by atoms with van der Waals surface area (Å²) in [5.41, 5.74) is 0.840. The lowest BCUT2D eigenvalue weighted by Crippen LogP contribution is -2.60. The van der Waals surface area contributed by atoms with Crippen LogP contribution < -0.4 is 11.1 Å². The summed E-state index contributed by atoms with van der Waals surface area (Å²) in [5.74, 6) is -2.71. The van der Waals surface area contributed by atoms with Gasteiger partial charge in [0, 0.05) is 11.8 Å². The van der Waals surface area contributed by atoms with Crippen molar-refractivity contribution in [1.82, 2.24) is 9.97 Å². The molecule has 1 aliphatic rings. The number of rotatable bonds is 3. The molecule has 2 atom stereocenters. The number of hydrogen-bond donors (Lipinski definition) is 2. The number of hydrogen-bond acceptors (Lipinski definition) is 7. The fourth-order valence-corrected chi connectivity index (χ4v) is 3.14. The minimum absolute atomic E-state index is 0.0969. The molecule has 2 aromatic rings. The van der Waals surface area contributed by atoms with E-state index in [0.717, 1.165) is 25.4 Å². The Hall–Kier alpha value is -3.30. The summed E-state index contributed by atoms with van der Waals surface area (Å²) in [6, 6.07) is 4.16. The van der Waals surface area contributed by atoms with E-state index in [1.54, 1.807) is 0 Å². The standard InChI is InChI=1S/C19H15ClF4N6O2/c1-17(8-32-18(2,16(26)30-17)19(22,23)24)10-4-13(27-7-12(10)21)29-15(31)14-11(20)3-9(5-25)6-28-14/h3-4,6-7H,8H2,1-2H3,(H2,26,30)(H,27,29,31). The summed E-state index contributed by atoms with van der Waals surface area (Å²) in [5, 5.41) is 11.1. The molecule has 3 N–H and O–H groups in total. The quantitative estimate of drug-likeness (QED) is 0.663. The van der Waals surface area contributed by atoms with Gasteiger partial charge in [-0.1, -0.05) is 11.6 Å². The number of alkyl halides is 3. The van der Waals surface area contributed by atoms with Crippen molar-refractivity contribution >= 4 is 29.2 Å². The van der Waals surface area contributed by atoms with E-state index in [0.29, 0.717) is 0 Å². The molecule has 1 aliphatic heterocycles. The largest absolute Gasteiger partial charge is 0.424 e. The maximum absolute atomic E-state index is 14.5. The molecule has 168 valence electrons. The third kappa shape index (κ3) is 4.09. The molecule has 8 nitrogen and oxygen atoms in total.